The third-order valence-corrected chi connectivity index (χ3v) is 3.18. The first-order valence-corrected chi connectivity index (χ1v) is 5.36. The number of carbonyl (C=O) groups is 1. The summed E-state index contributed by atoms with van der Waals surface area (Å²) in [6.07, 6.45) is 2.55. The van der Waals surface area contributed by atoms with Gasteiger partial charge in [0, 0.05) is 13.2 Å². The van der Waals surface area contributed by atoms with E-state index in [4.69, 9.17) is 0 Å². The van der Waals surface area contributed by atoms with Crippen molar-refractivity contribution in [3.63, 3.8) is 0 Å². The number of nitrogens with zero attached hydrogens (tertiary/aromatic N) is 3. The molecule has 0 saturated carbocycles. The Hall–Kier alpha value is -1.49. The molecule has 0 amide bonds. The minimum atomic E-state index is 0.615. The maximum absolute atomic E-state index is 10.9. The van der Waals surface area contributed by atoms with Crippen molar-refractivity contribution in [3.8, 4) is 10.6 Å². The number of aromatic nitrogens is 3. The van der Waals surface area contributed by atoms with Crippen LogP contribution in [0.4, 0.5) is 0 Å². The second-order valence-corrected chi connectivity index (χ2v) is 4.58. The molecular formula is C10H11N3OS. The van der Waals surface area contributed by atoms with Gasteiger partial charge in [-0.25, -0.2) is 4.98 Å². The quantitative estimate of drug-likeness (QED) is 0.728. The van der Waals surface area contributed by atoms with Crippen molar-refractivity contribution >= 4 is 17.6 Å². The Labute approximate surface area is 91.6 Å². The number of aryl methyl sites for hydroxylation is 3. The van der Waals surface area contributed by atoms with Gasteiger partial charge in [0.15, 0.2) is 6.29 Å². The van der Waals surface area contributed by atoms with E-state index in [0.29, 0.717) is 5.56 Å². The predicted octanol–water partition coefficient (Wildman–Crippen LogP) is 1.97. The van der Waals surface area contributed by atoms with E-state index in [9.17, 15) is 4.79 Å². The molecule has 0 fully saturated rings. The van der Waals surface area contributed by atoms with Crippen LogP contribution in [0.15, 0.2) is 6.20 Å². The zero-order valence-electron chi connectivity index (χ0n) is 8.81. The topological polar surface area (TPSA) is 47.8 Å². The molecule has 78 valence electrons. The van der Waals surface area contributed by atoms with Crippen LogP contribution in [0.3, 0.4) is 0 Å². The van der Waals surface area contributed by atoms with Crippen molar-refractivity contribution in [2.45, 2.75) is 13.8 Å². The van der Waals surface area contributed by atoms with Crippen LogP contribution in [0.5, 0.6) is 0 Å². The molecule has 0 saturated heterocycles. The summed E-state index contributed by atoms with van der Waals surface area (Å²) in [7, 11) is 1.81. The highest BCUT2D eigenvalue weighted by molar-refractivity contribution is 7.15. The van der Waals surface area contributed by atoms with Crippen molar-refractivity contribution in [1.82, 2.24) is 14.8 Å². The molecule has 5 heteroatoms. The lowest BCUT2D eigenvalue weighted by Gasteiger charge is -1.93. The highest BCUT2D eigenvalue weighted by Gasteiger charge is 2.14. The molecule has 2 rings (SSSR count). The van der Waals surface area contributed by atoms with Crippen LogP contribution in [0.1, 0.15) is 21.1 Å². The number of hydrogen-bond donors (Lipinski definition) is 0. The molecule has 2 aromatic heterocycles. The molecule has 0 N–H and O–H groups in total. The fourth-order valence-corrected chi connectivity index (χ4v) is 2.45. The Balaban J connectivity index is 2.62. The zero-order valence-corrected chi connectivity index (χ0v) is 9.63. The molecular weight excluding hydrogens is 210 g/mol. The van der Waals surface area contributed by atoms with Crippen LogP contribution in [0, 0.1) is 13.8 Å². The van der Waals surface area contributed by atoms with Crippen LogP contribution in [0.25, 0.3) is 10.6 Å². The molecule has 0 bridgehead atoms. The van der Waals surface area contributed by atoms with Gasteiger partial charge in [0.2, 0.25) is 0 Å². The largest absolute Gasteiger partial charge is 0.298 e. The fraction of sp³-hybridized carbons (Fsp3) is 0.300. The Kier molecular flexibility index (Phi) is 2.40. The molecule has 0 aromatic carbocycles. The van der Waals surface area contributed by atoms with Gasteiger partial charge in [-0.3, -0.25) is 9.48 Å². The summed E-state index contributed by atoms with van der Waals surface area (Å²) in [6.45, 7) is 3.88. The molecule has 0 aliphatic rings. The van der Waals surface area contributed by atoms with Crippen LogP contribution in [-0.4, -0.2) is 21.1 Å². The first-order valence-electron chi connectivity index (χ1n) is 4.55. The molecule has 0 unspecified atom stereocenters. The minimum absolute atomic E-state index is 0.615. The number of carbonyl (C=O) groups excluding carboxylic acids is 1. The fourth-order valence-electron chi connectivity index (χ4n) is 1.52. The number of thiazole rings is 1. The predicted molar refractivity (Wildman–Crippen MR) is 59.2 cm³/mol. The van der Waals surface area contributed by atoms with E-state index < -0.39 is 0 Å². The molecule has 4 nitrogen and oxygen atoms in total. The molecule has 0 radical (unpaired) electrons. The molecule has 0 atom stereocenters. The summed E-state index contributed by atoms with van der Waals surface area (Å²) in [5.41, 5.74) is 2.28. The van der Waals surface area contributed by atoms with Crippen molar-refractivity contribution < 1.29 is 4.79 Å². The van der Waals surface area contributed by atoms with E-state index in [1.54, 1.807) is 29.3 Å². The highest BCUT2D eigenvalue weighted by Crippen LogP contribution is 2.30. The zero-order chi connectivity index (χ0) is 11.0. The normalized spacial score (nSPS) is 10.6. The second kappa shape index (κ2) is 3.58. The highest BCUT2D eigenvalue weighted by atomic mass is 32.1. The van der Waals surface area contributed by atoms with E-state index in [2.05, 4.69) is 10.1 Å². The lowest BCUT2D eigenvalue weighted by atomic mass is 10.2. The van der Waals surface area contributed by atoms with Gasteiger partial charge < -0.3 is 0 Å². The minimum Gasteiger partial charge on any atom is -0.298 e. The summed E-state index contributed by atoms with van der Waals surface area (Å²) in [5, 5.41) is 5.27. The molecule has 15 heavy (non-hydrogen) atoms. The molecule has 0 aliphatic heterocycles. The van der Waals surface area contributed by atoms with Crippen molar-refractivity contribution in [1.29, 1.82) is 0 Å². The SMILES string of the molecule is Cc1nc(C)c(-c2nn(C)cc2C=O)s1. The van der Waals surface area contributed by atoms with E-state index in [1.807, 2.05) is 13.8 Å². The van der Waals surface area contributed by atoms with Gasteiger partial charge in [0.25, 0.3) is 0 Å². The van der Waals surface area contributed by atoms with Gasteiger partial charge in [-0.05, 0) is 13.8 Å². The standard InChI is InChI=1S/C10H11N3OS/c1-6-10(15-7(2)11-6)9-8(5-14)4-13(3)12-9/h4-5H,1-3H3. The summed E-state index contributed by atoms with van der Waals surface area (Å²) in [5.74, 6) is 0. The van der Waals surface area contributed by atoms with E-state index in [-0.39, 0.29) is 0 Å². The summed E-state index contributed by atoms with van der Waals surface area (Å²) in [4.78, 5) is 16.2. The average molecular weight is 221 g/mol. The summed E-state index contributed by atoms with van der Waals surface area (Å²) in [6, 6.07) is 0. The molecule has 2 aromatic rings. The maximum Gasteiger partial charge on any atom is 0.153 e. The number of aldehydes is 1. The van der Waals surface area contributed by atoms with Gasteiger partial charge >= 0.3 is 0 Å². The van der Waals surface area contributed by atoms with Crippen LogP contribution >= 0.6 is 11.3 Å². The van der Waals surface area contributed by atoms with Gasteiger partial charge in [-0.15, -0.1) is 11.3 Å². The van der Waals surface area contributed by atoms with E-state index in [1.165, 1.54) is 0 Å². The van der Waals surface area contributed by atoms with Gasteiger partial charge in [0.05, 0.1) is 21.1 Å². The monoisotopic (exact) mass is 221 g/mol. The van der Waals surface area contributed by atoms with Gasteiger partial charge in [0.1, 0.15) is 5.69 Å². The molecule has 0 aliphatic carbocycles. The van der Waals surface area contributed by atoms with Crippen molar-refractivity contribution in [3.05, 3.63) is 22.5 Å². The van der Waals surface area contributed by atoms with E-state index >= 15 is 0 Å². The third kappa shape index (κ3) is 1.70. The third-order valence-electron chi connectivity index (χ3n) is 2.10. The average Bonchev–Trinajstić information content (AvgIpc) is 2.69. The number of hydrogen-bond acceptors (Lipinski definition) is 4. The van der Waals surface area contributed by atoms with Crippen molar-refractivity contribution in [2.24, 2.45) is 7.05 Å². The lowest BCUT2D eigenvalue weighted by molar-refractivity contribution is 0.112. The Morgan fingerprint density at radius 1 is 1.47 bits per heavy atom. The summed E-state index contributed by atoms with van der Waals surface area (Å²) >= 11 is 1.56. The van der Waals surface area contributed by atoms with Crippen LogP contribution < -0.4 is 0 Å². The molecule has 2 heterocycles. The maximum atomic E-state index is 10.9. The smallest absolute Gasteiger partial charge is 0.153 e. The van der Waals surface area contributed by atoms with Crippen LogP contribution in [-0.2, 0) is 7.05 Å². The summed E-state index contributed by atoms with van der Waals surface area (Å²) < 4.78 is 1.65. The Morgan fingerprint density at radius 2 is 2.20 bits per heavy atom. The van der Waals surface area contributed by atoms with E-state index in [0.717, 1.165) is 27.6 Å². The van der Waals surface area contributed by atoms with Gasteiger partial charge in [-0.2, -0.15) is 5.10 Å². The van der Waals surface area contributed by atoms with Crippen LogP contribution in [0.2, 0.25) is 0 Å². The van der Waals surface area contributed by atoms with Gasteiger partial charge in [-0.1, -0.05) is 0 Å². The number of rotatable bonds is 2. The van der Waals surface area contributed by atoms with Crippen molar-refractivity contribution in [2.75, 3.05) is 0 Å². The first kappa shape index (κ1) is 10.0. The second-order valence-electron chi connectivity index (χ2n) is 3.37. The lowest BCUT2D eigenvalue weighted by Crippen LogP contribution is -1.87. The molecule has 0 spiro atoms. The first-order chi connectivity index (χ1) is 7.11. The Bertz CT molecular complexity index is 513. The Morgan fingerprint density at radius 3 is 2.73 bits per heavy atom.